The Labute approximate surface area is 205 Å². The van der Waals surface area contributed by atoms with Gasteiger partial charge in [-0.25, -0.2) is 4.57 Å². The Morgan fingerprint density at radius 3 is 2.03 bits per heavy atom. The van der Waals surface area contributed by atoms with Gasteiger partial charge in [-0.3, -0.25) is 13.8 Å². The lowest BCUT2D eigenvalue weighted by Crippen LogP contribution is -2.27. The molecule has 0 rings (SSSR count). The van der Waals surface area contributed by atoms with Gasteiger partial charge in [0.25, 0.3) is 0 Å². The molecule has 0 aliphatic heterocycles. The van der Waals surface area contributed by atoms with E-state index in [9.17, 15) is 14.3 Å². The van der Waals surface area contributed by atoms with Gasteiger partial charge in [-0.05, 0) is 44.9 Å². The maximum Gasteiger partial charge on any atom is 0.472 e. The Kier molecular flexibility index (Phi) is 22.2. The van der Waals surface area contributed by atoms with E-state index < -0.39 is 27.1 Å². The smallest absolute Gasteiger partial charge is 0.394 e. The minimum atomic E-state index is -4.32. The normalized spacial score (nSPS) is 15.1. The van der Waals surface area contributed by atoms with E-state index in [1.165, 1.54) is 25.7 Å². The molecule has 196 valence electrons. The Morgan fingerprint density at radius 1 is 0.912 bits per heavy atom. The van der Waals surface area contributed by atoms with Crippen molar-refractivity contribution in [2.45, 2.75) is 77.2 Å². The quantitative estimate of drug-likeness (QED) is 0.0959. The molecule has 2 unspecified atom stereocenters. The van der Waals surface area contributed by atoms with Crippen molar-refractivity contribution in [3.63, 3.8) is 0 Å². The fraction of sp³-hybridized carbons (Fsp3) is 0.640. The van der Waals surface area contributed by atoms with E-state index in [1.807, 2.05) is 0 Å². The molecule has 0 radical (unpaired) electrons. The second kappa shape index (κ2) is 23.2. The van der Waals surface area contributed by atoms with Crippen molar-refractivity contribution in [3.8, 4) is 0 Å². The second-order valence-corrected chi connectivity index (χ2v) is 9.22. The Balaban J connectivity index is 3.63. The van der Waals surface area contributed by atoms with Crippen molar-refractivity contribution in [2.24, 2.45) is 0 Å². The molecule has 8 nitrogen and oxygen atoms in total. The number of nitrogens with one attached hydrogen (secondary N) is 1. The molecule has 0 saturated heterocycles. The highest BCUT2D eigenvalue weighted by molar-refractivity contribution is 7.47. The largest absolute Gasteiger partial charge is 0.472 e. The Morgan fingerprint density at radius 2 is 1.47 bits per heavy atom. The van der Waals surface area contributed by atoms with Crippen LogP contribution in [0, 0.1) is 0 Å². The lowest BCUT2D eigenvalue weighted by atomic mass is 10.2. The average molecular weight is 502 g/mol. The van der Waals surface area contributed by atoms with Gasteiger partial charge in [0.1, 0.15) is 6.10 Å². The fourth-order valence-corrected chi connectivity index (χ4v) is 3.41. The summed E-state index contributed by atoms with van der Waals surface area (Å²) in [5.74, 6) is -0.163. The SMILES string of the molecule is CCCCC/C=C/C/C=C/C/C=C/C/C=C/CCCC(=O)NCCOP(=O)(O)OCC(O)CO. The number of allylic oxidation sites excluding steroid dienone is 8. The molecule has 0 aromatic carbocycles. The van der Waals surface area contributed by atoms with Crippen LogP contribution in [0.3, 0.4) is 0 Å². The number of aliphatic hydroxyl groups excluding tert-OH is 2. The van der Waals surface area contributed by atoms with Gasteiger partial charge in [-0.1, -0.05) is 68.4 Å². The lowest BCUT2D eigenvalue weighted by molar-refractivity contribution is -0.121. The highest BCUT2D eigenvalue weighted by atomic mass is 31.2. The van der Waals surface area contributed by atoms with Crippen LogP contribution in [0.15, 0.2) is 48.6 Å². The minimum absolute atomic E-state index is 0.0691. The van der Waals surface area contributed by atoms with E-state index in [0.29, 0.717) is 12.8 Å². The standard InChI is InChI=1S/C25H44NO7P/c1-2-3-4-5-6-7-8-9-10-11-12-13-14-15-16-17-18-19-25(29)26-20-21-32-34(30,31)33-23-24(28)22-27/h6-7,9-10,12-13,15-16,24,27-28H,2-5,8,11,14,17-23H2,1H3,(H,26,29)(H,30,31)/b7-6+,10-9+,13-12+,16-15+. The van der Waals surface area contributed by atoms with Crippen LogP contribution in [-0.2, 0) is 18.4 Å². The van der Waals surface area contributed by atoms with Crippen LogP contribution in [-0.4, -0.2) is 53.5 Å². The number of unbranched alkanes of at least 4 members (excludes halogenated alkanes) is 4. The molecule has 0 aliphatic carbocycles. The van der Waals surface area contributed by atoms with Crippen molar-refractivity contribution in [1.29, 1.82) is 0 Å². The molecule has 0 aromatic rings. The van der Waals surface area contributed by atoms with Crippen molar-refractivity contribution < 1.29 is 33.5 Å². The third-order valence-corrected chi connectivity index (χ3v) is 5.54. The van der Waals surface area contributed by atoms with Crippen molar-refractivity contribution in [3.05, 3.63) is 48.6 Å². The van der Waals surface area contributed by atoms with Gasteiger partial charge in [0.2, 0.25) is 5.91 Å². The first-order valence-corrected chi connectivity index (χ1v) is 13.7. The zero-order valence-corrected chi connectivity index (χ0v) is 21.4. The number of amides is 1. The zero-order valence-electron chi connectivity index (χ0n) is 20.5. The summed E-state index contributed by atoms with van der Waals surface area (Å²) >= 11 is 0. The summed E-state index contributed by atoms with van der Waals surface area (Å²) in [6, 6.07) is 0. The summed E-state index contributed by atoms with van der Waals surface area (Å²) in [6.07, 6.45) is 25.7. The first-order chi connectivity index (χ1) is 16.4. The second-order valence-electron chi connectivity index (χ2n) is 7.76. The summed E-state index contributed by atoms with van der Waals surface area (Å²) < 4.78 is 20.7. The first kappa shape index (κ1) is 32.5. The van der Waals surface area contributed by atoms with Gasteiger partial charge in [0.15, 0.2) is 0 Å². The third kappa shape index (κ3) is 23.6. The van der Waals surface area contributed by atoms with Gasteiger partial charge < -0.3 is 20.4 Å². The van der Waals surface area contributed by atoms with Gasteiger partial charge in [-0.2, -0.15) is 0 Å². The summed E-state index contributed by atoms with van der Waals surface area (Å²) in [5.41, 5.74) is 0. The van der Waals surface area contributed by atoms with E-state index >= 15 is 0 Å². The molecule has 0 aromatic heterocycles. The molecule has 0 spiro atoms. The zero-order chi connectivity index (χ0) is 25.3. The Hall–Kier alpha value is -1.54. The van der Waals surface area contributed by atoms with Gasteiger partial charge in [0, 0.05) is 13.0 Å². The van der Waals surface area contributed by atoms with Crippen molar-refractivity contribution >= 4 is 13.7 Å². The van der Waals surface area contributed by atoms with Crippen LogP contribution in [0.4, 0.5) is 0 Å². The first-order valence-electron chi connectivity index (χ1n) is 12.2. The predicted molar refractivity (Wildman–Crippen MR) is 136 cm³/mol. The number of carbonyl (C=O) groups is 1. The molecule has 0 aliphatic rings. The van der Waals surface area contributed by atoms with Crippen LogP contribution in [0.5, 0.6) is 0 Å². The summed E-state index contributed by atoms with van der Waals surface area (Å²) in [4.78, 5) is 21.1. The molecular formula is C25H44NO7P. The third-order valence-electron chi connectivity index (χ3n) is 4.55. The highest BCUT2D eigenvalue weighted by Crippen LogP contribution is 2.42. The molecule has 34 heavy (non-hydrogen) atoms. The monoisotopic (exact) mass is 501 g/mol. The van der Waals surface area contributed by atoms with Gasteiger partial charge in [0.05, 0.1) is 19.8 Å². The van der Waals surface area contributed by atoms with Crippen LogP contribution >= 0.6 is 7.82 Å². The fourth-order valence-electron chi connectivity index (χ4n) is 2.65. The number of hydrogen-bond acceptors (Lipinski definition) is 6. The molecule has 0 saturated carbocycles. The summed E-state index contributed by atoms with van der Waals surface area (Å²) in [7, 11) is -4.32. The van der Waals surface area contributed by atoms with Crippen LogP contribution < -0.4 is 5.32 Å². The van der Waals surface area contributed by atoms with Crippen molar-refractivity contribution in [2.75, 3.05) is 26.4 Å². The van der Waals surface area contributed by atoms with E-state index in [-0.39, 0.29) is 19.1 Å². The van der Waals surface area contributed by atoms with Gasteiger partial charge >= 0.3 is 7.82 Å². The van der Waals surface area contributed by atoms with Crippen LogP contribution in [0.25, 0.3) is 0 Å². The molecule has 0 bridgehead atoms. The molecule has 0 heterocycles. The van der Waals surface area contributed by atoms with E-state index in [4.69, 9.17) is 10.2 Å². The number of phosphoric acid groups is 1. The van der Waals surface area contributed by atoms with E-state index in [2.05, 4.69) is 69.9 Å². The maximum absolute atomic E-state index is 11.7. The van der Waals surface area contributed by atoms with E-state index in [1.54, 1.807) is 0 Å². The Bertz CT molecular complexity index is 662. The molecule has 2 atom stereocenters. The number of carbonyl (C=O) groups excluding carboxylic acids is 1. The summed E-state index contributed by atoms with van der Waals surface area (Å²) in [5, 5.41) is 20.3. The van der Waals surface area contributed by atoms with E-state index in [0.717, 1.165) is 25.7 Å². The molecule has 4 N–H and O–H groups in total. The maximum atomic E-state index is 11.7. The number of phosphoric ester groups is 1. The van der Waals surface area contributed by atoms with Crippen molar-refractivity contribution in [1.82, 2.24) is 5.32 Å². The highest BCUT2D eigenvalue weighted by Gasteiger charge is 2.22. The number of aliphatic hydroxyl groups is 2. The predicted octanol–water partition coefficient (Wildman–Crippen LogP) is 4.74. The molecule has 1 amide bonds. The molecular weight excluding hydrogens is 457 g/mol. The van der Waals surface area contributed by atoms with Gasteiger partial charge in [-0.15, -0.1) is 0 Å². The number of rotatable bonds is 22. The number of hydrogen-bond donors (Lipinski definition) is 4. The average Bonchev–Trinajstić information content (AvgIpc) is 2.82. The summed E-state index contributed by atoms with van der Waals surface area (Å²) in [6.45, 7) is 0.979. The molecule has 9 heteroatoms. The van der Waals surface area contributed by atoms with Crippen LogP contribution in [0.2, 0.25) is 0 Å². The molecule has 0 fully saturated rings. The van der Waals surface area contributed by atoms with Crippen LogP contribution in [0.1, 0.15) is 71.1 Å². The lowest BCUT2D eigenvalue weighted by Gasteiger charge is -2.14. The topological polar surface area (TPSA) is 125 Å². The minimum Gasteiger partial charge on any atom is -0.394 e.